The number of nitrogens with zero attached hydrogens (tertiary/aromatic N) is 4. The molecule has 0 radical (unpaired) electrons. The third kappa shape index (κ3) is 1.55. The van der Waals surface area contributed by atoms with E-state index in [2.05, 4.69) is 28.9 Å². The molecule has 0 N–H and O–H groups in total. The van der Waals surface area contributed by atoms with Gasteiger partial charge in [0.2, 0.25) is 5.13 Å². The highest BCUT2D eigenvalue weighted by Crippen LogP contribution is 2.17. The van der Waals surface area contributed by atoms with Crippen LogP contribution in [0.5, 0.6) is 0 Å². The minimum atomic E-state index is 0.876. The molecule has 0 atom stereocenters. The Morgan fingerprint density at radius 2 is 2.14 bits per heavy atom. The topological polar surface area (TPSA) is 43.6 Å². The third-order valence-corrected chi connectivity index (χ3v) is 3.12. The van der Waals surface area contributed by atoms with Crippen molar-refractivity contribution in [3.63, 3.8) is 0 Å². The number of rotatable bonds is 3. The molecule has 0 amide bonds. The maximum Gasteiger partial charge on any atom is 0.212 e. The van der Waals surface area contributed by atoms with Crippen LogP contribution in [0.1, 0.15) is 24.5 Å². The van der Waals surface area contributed by atoms with Gasteiger partial charge in [-0.15, -0.1) is 0 Å². The fourth-order valence-electron chi connectivity index (χ4n) is 1.22. The lowest BCUT2D eigenvalue weighted by Gasteiger charge is -1.97. The van der Waals surface area contributed by atoms with E-state index in [1.54, 1.807) is 17.7 Å². The lowest BCUT2D eigenvalue weighted by Crippen LogP contribution is -2.00. The van der Waals surface area contributed by atoms with Gasteiger partial charge in [0.1, 0.15) is 12.2 Å². The van der Waals surface area contributed by atoms with Crippen molar-refractivity contribution in [1.82, 2.24) is 19.7 Å². The first-order valence-corrected chi connectivity index (χ1v) is 5.50. The van der Waals surface area contributed by atoms with Crippen molar-refractivity contribution in [2.24, 2.45) is 0 Å². The van der Waals surface area contributed by atoms with Crippen molar-refractivity contribution in [3.05, 3.63) is 23.2 Å². The molecule has 4 nitrogen and oxygen atoms in total. The van der Waals surface area contributed by atoms with E-state index in [4.69, 9.17) is 0 Å². The molecular weight excluding hydrogens is 196 g/mol. The summed E-state index contributed by atoms with van der Waals surface area (Å²) in [4.78, 5) is 9.76. The van der Waals surface area contributed by atoms with Crippen molar-refractivity contribution in [3.8, 4) is 5.13 Å². The molecular formula is C9H12N4S. The molecule has 0 aliphatic rings. The zero-order valence-electron chi connectivity index (χ0n) is 8.27. The van der Waals surface area contributed by atoms with Crippen LogP contribution in [-0.4, -0.2) is 19.7 Å². The van der Waals surface area contributed by atoms with Crippen LogP contribution in [0, 0.1) is 0 Å². The van der Waals surface area contributed by atoms with Gasteiger partial charge in [-0.2, -0.15) is 9.78 Å². The van der Waals surface area contributed by atoms with Crippen LogP contribution >= 0.6 is 11.3 Å². The van der Waals surface area contributed by atoms with Crippen LogP contribution in [0.4, 0.5) is 0 Å². The number of hydrogen-bond acceptors (Lipinski definition) is 4. The van der Waals surface area contributed by atoms with Gasteiger partial charge in [-0.25, -0.2) is 9.97 Å². The van der Waals surface area contributed by atoms with Crippen LogP contribution in [-0.2, 0) is 12.8 Å². The maximum atomic E-state index is 4.32. The third-order valence-electron chi connectivity index (χ3n) is 2.01. The van der Waals surface area contributed by atoms with E-state index in [-0.39, 0.29) is 0 Å². The first kappa shape index (κ1) is 9.33. The van der Waals surface area contributed by atoms with Gasteiger partial charge in [-0.1, -0.05) is 25.2 Å². The summed E-state index contributed by atoms with van der Waals surface area (Å²) in [6, 6.07) is 0. The van der Waals surface area contributed by atoms with Crippen LogP contribution in [0.25, 0.3) is 5.13 Å². The van der Waals surface area contributed by atoms with E-state index in [1.807, 2.05) is 10.9 Å². The largest absolute Gasteiger partial charge is 0.227 e. The SMILES string of the molecule is CCc1cnc(-n2ncnc2CC)s1. The van der Waals surface area contributed by atoms with Gasteiger partial charge in [-0.05, 0) is 6.42 Å². The van der Waals surface area contributed by atoms with E-state index in [0.717, 1.165) is 23.8 Å². The molecule has 0 aliphatic carbocycles. The molecule has 2 aromatic rings. The highest BCUT2D eigenvalue weighted by Gasteiger charge is 2.08. The second-order valence-electron chi connectivity index (χ2n) is 2.90. The second kappa shape index (κ2) is 3.88. The Bertz CT molecular complexity index is 418. The van der Waals surface area contributed by atoms with E-state index in [1.165, 1.54) is 4.88 Å². The zero-order chi connectivity index (χ0) is 9.97. The van der Waals surface area contributed by atoms with Gasteiger partial charge in [0.05, 0.1) is 0 Å². The summed E-state index contributed by atoms with van der Waals surface area (Å²) >= 11 is 1.67. The molecule has 0 bridgehead atoms. The number of hydrogen-bond donors (Lipinski definition) is 0. The van der Waals surface area contributed by atoms with Crippen LogP contribution in [0.15, 0.2) is 12.5 Å². The summed E-state index contributed by atoms with van der Waals surface area (Å²) in [5, 5.41) is 5.07. The highest BCUT2D eigenvalue weighted by molar-refractivity contribution is 7.14. The predicted molar refractivity (Wildman–Crippen MR) is 55.8 cm³/mol. The fourth-order valence-corrected chi connectivity index (χ4v) is 2.05. The van der Waals surface area contributed by atoms with E-state index in [0.29, 0.717) is 0 Å². The molecule has 0 aliphatic heterocycles. The first-order valence-electron chi connectivity index (χ1n) is 4.69. The lowest BCUT2D eigenvalue weighted by atomic mass is 10.4. The molecule has 2 rings (SSSR count). The van der Waals surface area contributed by atoms with Gasteiger partial charge in [0.15, 0.2) is 0 Å². The zero-order valence-corrected chi connectivity index (χ0v) is 9.08. The van der Waals surface area contributed by atoms with Crippen molar-refractivity contribution >= 4 is 11.3 Å². The van der Waals surface area contributed by atoms with Crippen LogP contribution in [0.2, 0.25) is 0 Å². The average molecular weight is 208 g/mol. The van der Waals surface area contributed by atoms with Gasteiger partial charge in [-0.3, -0.25) is 0 Å². The molecule has 14 heavy (non-hydrogen) atoms. The second-order valence-corrected chi connectivity index (χ2v) is 4.00. The molecule has 0 fully saturated rings. The normalized spacial score (nSPS) is 10.7. The van der Waals surface area contributed by atoms with Gasteiger partial charge in [0.25, 0.3) is 0 Å². The number of aryl methyl sites for hydroxylation is 2. The molecule has 74 valence electrons. The van der Waals surface area contributed by atoms with Crippen molar-refractivity contribution in [2.75, 3.05) is 0 Å². The van der Waals surface area contributed by atoms with Crippen molar-refractivity contribution < 1.29 is 0 Å². The summed E-state index contributed by atoms with van der Waals surface area (Å²) in [6.07, 6.45) is 5.38. The van der Waals surface area contributed by atoms with Crippen molar-refractivity contribution in [2.45, 2.75) is 26.7 Å². The molecule has 0 spiro atoms. The predicted octanol–water partition coefficient (Wildman–Crippen LogP) is 1.85. The molecule has 0 unspecified atom stereocenters. The van der Waals surface area contributed by atoms with Gasteiger partial charge >= 0.3 is 0 Å². The standard InChI is InChI=1S/C9H12N4S/c1-3-7-5-10-9(14-7)13-8(4-2)11-6-12-13/h5-6H,3-4H2,1-2H3. The quantitative estimate of drug-likeness (QED) is 0.773. The summed E-state index contributed by atoms with van der Waals surface area (Å²) in [7, 11) is 0. The van der Waals surface area contributed by atoms with E-state index in [9.17, 15) is 0 Å². The molecule has 5 heteroatoms. The van der Waals surface area contributed by atoms with Crippen molar-refractivity contribution in [1.29, 1.82) is 0 Å². The van der Waals surface area contributed by atoms with Crippen LogP contribution < -0.4 is 0 Å². The Morgan fingerprint density at radius 3 is 2.79 bits per heavy atom. The van der Waals surface area contributed by atoms with E-state index < -0.39 is 0 Å². The Balaban J connectivity index is 2.38. The molecule has 0 saturated carbocycles. The van der Waals surface area contributed by atoms with E-state index >= 15 is 0 Å². The molecule has 2 aromatic heterocycles. The Kier molecular flexibility index (Phi) is 2.58. The summed E-state index contributed by atoms with van der Waals surface area (Å²) < 4.78 is 1.81. The maximum absolute atomic E-state index is 4.32. The summed E-state index contributed by atoms with van der Waals surface area (Å²) in [5.41, 5.74) is 0. The average Bonchev–Trinajstić information content (AvgIpc) is 2.85. The molecule has 0 aromatic carbocycles. The monoisotopic (exact) mass is 208 g/mol. The minimum Gasteiger partial charge on any atom is -0.227 e. The summed E-state index contributed by atoms with van der Waals surface area (Å²) in [5.74, 6) is 0.960. The minimum absolute atomic E-state index is 0.876. The first-order chi connectivity index (χ1) is 6.85. The Morgan fingerprint density at radius 1 is 1.29 bits per heavy atom. The fraction of sp³-hybridized carbons (Fsp3) is 0.444. The summed E-state index contributed by atoms with van der Waals surface area (Å²) in [6.45, 7) is 4.19. The Hall–Kier alpha value is -1.23. The van der Waals surface area contributed by atoms with Gasteiger partial charge < -0.3 is 0 Å². The smallest absolute Gasteiger partial charge is 0.212 e. The van der Waals surface area contributed by atoms with Crippen LogP contribution in [0.3, 0.4) is 0 Å². The molecule has 0 saturated heterocycles. The highest BCUT2D eigenvalue weighted by atomic mass is 32.1. The Labute approximate surface area is 86.6 Å². The molecule has 2 heterocycles. The number of aromatic nitrogens is 4. The number of thiazole rings is 1. The lowest BCUT2D eigenvalue weighted by molar-refractivity contribution is 0.794. The van der Waals surface area contributed by atoms with Gasteiger partial charge in [0, 0.05) is 17.5 Å².